The zero-order valence-electron chi connectivity index (χ0n) is 18.3. The third-order valence-electron chi connectivity index (χ3n) is 6.05. The molecule has 0 bridgehead atoms. The van der Waals surface area contributed by atoms with Crippen LogP contribution in [-0.4, -0.2) is 43.5 Å². The fraction of sp³-hybridized carbons (Fsp3) is 0.250. The van der Waals surface area contributed by atoms with Gasteiger partial charge in [-0.2, -0.15) is 10.1 Å². The van der Waals surface area contributed by atoms with E-state index in [4.69, 9.17) is 21.2 Å². The summed E-state index contributed by atoms with van der Waals surface area (Å²) in [5, 5.41) is 15.5. The number of methoxy groups -OCH3 is 1. The summed E-state index contributed by atoms with van der Waals surface area (Å²) in [5.74, 6) is 0.504. The summed E-state index contributed by atoms with van der Waals surface area (Å²) in [4.78, 5) is 21.5. The highest BCUT2D eigenvalue weighted by atomic mass is 16.5. The van der Waals surface area contributed by atoms with E-state index in [9.17, 15) is 9.90 Å². The number of nitrogen functional groups attached to an aromatic ring is 1. The summed E-state index contributed by atoms with van der Waals surface area (Å²) in [6.45, 7) is 1.76. The zero-order chi connectivity index (χ0) is 23.3. The number of aromatic nitrogens is 4. The van der Waals surface area contributed by atoms with E-state index in [1.165, 1.54) is 0 Å². The second kappa shape index (κ2) is 7.56. The van der Waals surface area contributed by atoms with Crippen molar-refractivity contribution < 1.29 is 14.6 Å². The molecule has 1 aliphatic carbocycles. The first-order chi connectivity index (χ1) is 15.8. The number of hydrogen-bond donors (Lipinski definition) is 3. The number of primary amides is 1. The highest BCUT2D eigenvalue weighted by Crippen LogP contribution is 2.43. The Labute approximate surface area is 190 Å². The van der Waals surface area contributed by atoms with Gasteiger partial charge in [-0.15, -0.1) is 0 Å². The standard InChI is InChI=1S/C24H24N6O3/c1-24(32)11-15(12-24)30-20(25)18(21(26)31)19(29-30)14-8-9-16-17(10-14)27-22(28-23(16)33-2)13-6-4-3-5-7-13/h3-10,15,32H,11-12,25H2,1-2H3,(H2,26,31). The second-order valence-electron chi connectivity index (χ2n) is 8.63. The van der Waals surface area contributed by atoms with Crippen LogP contribution in [0, 0.1) is 0 Å². The van der Waals surface area contributed by atoms with Crippen molar-refractivity contribution in [3.63, 3.8) is 0 Å². The van der Waals surface area contributed by atoms with Crippen molar-refractivity contribution in [2.45, 2.75) is 31.4 Å². The number of hydrogen-bond acceptors (Lipinski definition) is 7. The quantitative estimate of drug-likeness (QED) is 0.429. The molecule has 2 heterocycles. The molecule has 0 atom stereocenters. The summed E-state index contributed by atoms with van der Waals surface area (Å²) < 4.78 is 7.10. The fourth-order valence-electron chi connectivity index (χ4n) is 4.42. The Kier molecular flexibility index (Phi) is 4.79. The summed E-state index contributed by atoms with van der Waals surface area (Å²) >= 11 is 0. The van der Waals surface area contributed by atoms with E-state index in [-0.39, 0.29) is 17.4 Å². The van der Waals surface area contributed by atoms with Crippen LogP contribution in [0.4, 0.5) is 5.82 Å². The number of carbonyl (C=O) groups excluding carboxylic acids is 1. The van der Waals surface area contributed by atoms with Crippen molar-refractivity contribution in [3.05, 3.63) is 54.1 Å². The fourth-order valence-corrected chi connectivity index (χ4v) is 4.42. The predicted octanol–water partition coefficient (Wildman–Crippen LogP) is 2.94. The number of nitrogens with two attached hydrogens (primary N) is 2. The molecule has 0 spiro atoms. The topological polar surface area (TPSA) is 142 Å². The van der Waals surface area contributed by atoms with E-state index in [1.807, 2.05) is 48.5 Å². The normalized spacial score (nSPS) is 19.9. The molecule has 2 aromatic heterocycles. The lowest BCUT2D eigenvalue weighted by molar-refractivity contribution is -0.0535. The Bertz CT molecular complexity index is 1370. The maximum absolute atomic E-state index is 12.3. The molecule has 5 rings (SSSR count). The van der Waals surface area contributed by atoms with Crippen LogP contribution < -0.4 is 16.2 Å². The van der Waals surface area contributed by atoms with Gasteiger partial charge in [-0.3, -0.25) is 4.79 Å². The number of nitrogens with zero attached hydrogens (tertiary/aromatic N) is 4. The highest BCUT2D eigenvalue weighted by molar-refractivity contribution is 6.04. The van der Waals surface area contributed by atoms with Gasteiger partial charge < -0.3 is 21.3 Å². The molecule has 0 radical (unpaired) electrons. The molecule has 9 heteroatoms. The van der Waals surface area contributed by atoms with Crippen LogP contribution >= 0.6 is 0 Å². The van der Waals surface area contributed by atoms with Crippen LogP contribution in [0.5, 0.6) is 5.88 Å². The summed E-state index contributed by atoms with van der Waals surface area (Å²) in [5.41, 5.74) is 13.8. The van der Waals surface area contributed by atoms with Crippen LogP contribution in [-0.2, 0) is 0 Å². The average Bonchev–Trinajstić information content (AvgIpc) is 3.13. The van der Waals surface area contributed by atoms with Crippen LogP contribution in [0.15, 0.2) is 48.5 Å². The Hall–Kier alpha value is -3.98. The molecular weight excluding hydrogens is 420 g/mol. The number of rotatable bonds is 5. The van der Waals surface area contributed by atoms with Crippen molar-refractivity contribution in [2.24, 2.45) is 5.73 Å². The van der Waals surface area contributed by atoms with E-state index in [0.717, 1.165) is 10.9 Å². The molecule has 33 heavy (non-hydrogen) atoms. The van der Waals surface area contributed by atoms with Crippen LogP contribution in [0.3, 0.4) is 0 Å². The minimum atomic E-state index is -0.764. The van der Waals surface area contributed by atoms with Gasteiger partial charge in [0.1, 0.15) is 17.1 Å². The van der Waals surface area contributed by atoms with E-state index in [1.54, 1.807) is 18.7 Å². The number of anilines is 1. The van der Waals surface area contributed by atoms with Crippen LogP contribution in [0.25, 0.3) is 33.5 Å². The number of ether oxygens (including phenoxy) is 1. The smallest absolute Gasteiger partial charge is 0.254 e. The molecule has 2 aromatic carbocycles. The lowest BCUT2D eigenvalue weighted by Gasteiger charge is -2.41. The number of benzene rings is 2. The molecule has 5 N–H and O–H groups in total. The van der Waals surface area contributed by atoms with E-state index in [2.05, 4.69) is 10.1 Å². The first kappa shape index (κ1) is 20.9. The number of amides is 1. The van der Waals surface area contributed by atoms with E-state index in [0.29, 0.717) is 41.3 Å². The maximum atomic E-state index is 12.3. The van der Waals surface area contributed by atoms with Crippen molar-refractivity contribution >= 4 is 22.6 Å². The Morgan fingerprint density at radius 2 is 1.88 bits per heavy atom. The second-order valence-corrected chi connectivity index (χ2v) is 8.63. The first-order valence-corrected chi connectivity index (χ1v) is 10.6. The van der Waals surface area contributed by atoms with Gasteiger partial charge in [0.15, 0.2) is 5.82 Å². The largest absolute Gasteiger partial charge is 0.480 e. The van der Waals surface area contributed by atoms with Crippen molar-refractivity contribution in [1.82, 2.24) is 19.7 Å². The molecule has 0 aliphatic heterocycles. The third-order valence-corrected chi connectivity index (χ3v) is 6.05. The van der Waals surface area contributed by atoms with Gasteiger partial charge in [-0.1, -0.05) is 36.4 Å². The molecule has 1 amide bonds. The minimum absolute atomic E-state index is 0.0978. The molecule has 9 nitrogen and oxygen atoms in total. The van der Waals surface area contributed by atoms with Crippen LogP contribution in [0.1, 0.15) is 36.2 Å². The lowest BCUT2D eigenvalue weighted by Crippen LogP contribution is -2.42. The molecule has 0 saturated heterocycles. The number of aliphatic hydroxyl groups is 1. The van der Waals surface area contributed by atoms with Crippen LogP contribution in [0.2, 0.25) is 0 Å². The minimum Gasteiger partial charge on any atom is -0.480 e. The number of fused-ring (bicyclic) bond motifs is 1. The Morgan fingerprint density at radius 3 is 2.52 bits per heavy atom. The van der Waals surface area contributed by atoms with Gasteiger partial charge in [0.25, 0.3) is 5.91 Å². The third kappa shape index (κ3) is 3.56. The van der Waals surface area contributed by atoms with Gasteiger partial charge in [0.05, 0.1) is 29.7 Å². The lowest BCUT2D eigenvalue weighted by atomic mass is 9.77. The first-order valence-electron chi connectivity index (χ1n) is 10.6. The molecule has 1 saturated carbocycles. The van der Waals surface area contributed by atoms with Gasteiger partial charge in [-0.05, 0) is 31.9 Å². The van der Waals surface area contributed by atoms with Crippen molar-refractivity contribution in [3.8, 4) is 28.5 Å². The molecule has 1 fully saturated rings. The van der Waals surface area contributed by atoms with Crippen molar-refractivity contribution in [2.75, 3.05) is 12.8 Å². The molecule has 0 unspecified atom stereocenters. The summed E-state index contributed by atoms with van der Waals surface area (Å²) in [6.07, 6.45) is 0.998. The molecule has 1 aliphatic rings. The Balaban J connectivity index is 1.65. The summed E-state index contributed by atoms with van der Waals surface area (Å²) in [6, 6.07) is 15.0. The van der Waals surface area contributed by atoms with E-state index < -0.39 is 11.5 Å². The summed E-state index contributed by atoms with van der Waals surface area (Å²) in [7, 11) is 1.56. The SMILES string of the molecule is COc1nc(-c2ccccc2)nc2cc(-c3nn(C4CC(C)(O)C4)c(N)c3C(N)=O)ccc12. The van der Waals surface area contributed by atoms with Gasteiger partial charge in [0, 0.05) is 11.1 Å². The van der Waals surface area contributed by atoms with Gasteiger partial charge in [-0.25, -0.2) is 9.67 Å². The predicted molar refractivity (Wildman–Crippen MR) is 125 cm³/mol. The maximum Gasteiger partial charge on any atom is 0.254 e. The molecule has 168 valence electrons. The monoisotopic (exact) mass is 444 g/mol. The average molecular weight is 444 g/mol. The zero-order valence-corrected chi connectivity index (χ0v) is 18.3. The number of carbonyl (C=O) groups is 1. The van der Waals surface area contributed by atoms with Gasteiger partial charge in [0.2, 0.25) is 5.88 Å². The molecule has 4 aromatic rings. The van der Waals surface area contributed by atoms with E-state index >= 15 is 0 Å². The van der Waals surface area contributed by atoms with Crippen molar-refractivity contribution in [1.29, 1.82) is 0 Å². The van der Waals surface area contributed by atoms with Gasteiger partial charge >= 0.3 is 0 Å². The molecular formula is C24H24N6O3. The highest BCUT2D eigenvalue weighted by Gasteiger charge is 2.41. The Morgan fingerprint density at radius 1 is 1.15 bits per heavy atom.